The second-order valence-corrected chi connectivity index (χ2v) is 6.17. The van der Waals surface area contributed by atoms with E-state index in [9.17, 15) is 19.7 Å². The number of benzene rings is 2. The Morgan fingerprint density at radius 1 is 1.19 bits per heavy atom. The highest BCUT2D eigenvalue weighted by atomic mass is 35.5. The lowest BCUT2D eigenvalue weighted by Crippen LogP contribution is -2.27. The van der Waals surface area contributed by atoms with Crippen LogP contribution in [0.25, 0.3) is 6.08 Å². The van der Waals surface area contributed by atoms with Crippen LogP contribution >= 0.6 is 11.6 Å². The zero-order valence-corrected chi connectivity index (χ0v) is 15.5. The van der Waals surface area contributed by atoms with Crippen molar-refractivity contribution in [2.75, 3.05) is 20.7 Å². The number of allylic oxidation sites excluding steroid dienone is 1. The summed E-state index contributed by atoms with van der Waals surface area (Å²) < 4.78 is 5.34. The van der Waals surface area contributed by atoms with Crippen LogP contribution in [-0.4, -0.2) is 42.2 Å². The second kappa shape index (κ2) is 8.95. The first-order valence-corrected chi connectivity index (χ1v) is 8.25. The van der Waals surface area contributed by atoms with Gasteiger partial charge in [0.15, 0.2) is 12.4 Å². The van der Waals surface area contributed by atoms with E-state index in [1.165, 1.54) is 29.2 Å². The third-order valence-corrected chi connectivity index (χ3v) is 3.91. The molecule has 1 amide bonds. The number of nitro groups is 1. The molecular formula is C19H17ClN2O5. The number of carbonyl (C=O) groups is 2. The molecule has 0 aliphatic heterocycles. The van der Waals surface area contributed by atoms with E-state index in [4.69, 9.17) is 16.3 Å². The number of nitro benzene ring substituents is 1. The molecule has 0 atom stereocenters. The van der Waals surface area contributed by atoms with Gasteiger partial charge in [-0.3, -0.25) is 19.7 Å². The molecule has 0 aliphatic rings. The number of hydrogen-bond donors (Lipinski definition) is 0. The van der Waals surface area contributed by atoms with Crippen LogP contribution in [0.5, 0.6) is 5.75 Å². The summed E-state index contributed by atoms with van der Waals surface area (Å²) in [5.41, 5.74) is 0.683. The Labute approximate surface area is 161 Å². The normalized spacial score (nSPS) is 10.6. The molecule has 0 spiro atoms. The molecule has 2 aromatic carbocycles. The third-order valence-electron chi connectivity index (χ3n) is 3.59. The van der Waals surface area contributed by atoms with Gasteiger partial charge in [-0.15, -0.1) is 0 Å². The van der Waals surface area contributed by atoms with Gasteiger partial charge >= 0.3 is 0 Å². The highest BCUT2D eigenvalue weighted by molar-refractivity contribution is 6.32. The Morgan fingerprint density at radius 2 is 1.85 bits per heavy atom. The van der Waals surface area contributed by atoms with Crippen molar-refractivity contribution in [2.45, 2.75) is 0 Å². The van der Waals surface area contributed by atoms with Crippen LogP contribution in [0.2, 0.25) is 5.02 Å². The molecule has 140 valence electrons. The molecule has 0 aliphatic carbocycles. The summed E-state index contributed by atoms with van der Waals surface area (Å²) in [4.78, 5) is 35.4. The number of nitrogens with zero attached hydrogens (tertiary/aromatic N) is 2. The lowest BCUT2D eigenvalue weighted by Gasteiger charge is -2.11. The maximum atomic E-state index is 12.2. The molecule has 0 aromatic heterocycles. The number of amides is 1. The Hall–Kier alpha value is -3.19. The molecule has 0 N–H and O–H groups in total. The van der Waals surface area contributed by atoms with Gasteiger partial charge in [0.25, 0.3) is 11.6 Å². The maximum absolute atomic E-state index is 12.2. The van der Waals surface area contributed by atoms with E-state index in [0.717, 1.165) is 0 Å². The van der Waals surface area contributed by atoms with Crippen LogP contribution in [-0.2, 0) is 4.79 Å². The molecule has 0 saturated carbocycles. The fourth-order valence-corrected chi connectivity index (χ4v) is 2.22. The predicted octanol–water partition coefficient (Wildman–Crippen LogP) is 3.61. The standard InChI is InChI=1S/C19H17ClN2O5/c1-21(2)19(24)12-27-15-7-5-14(6-8-15)18(23)10-4-13-3-9-16(20)17(11-13)22(25)26/h3-11H,12H2,1-2H3. The van der Waals surface area contributed by atoms with E-state index < -0.39 is 4.92 Å². The van der Waals surface area contributed by atoms with Gasteiger partial charge in [-0.05, 0) is 42.0 Å². The second-order valence-electron chi connectivity index (χ2n) is 5.77. The van der Waals surface area contributed by atoms with Crippen molar-refractivity contribution in [3.63, 3.8) is 0 Å². The third kappa shape index (κ3) is 5.65. The van der Waals surface area contributed by atoms with E-state index in [-0.39, 0.29) is 29.0 Å². The van der Waals surface area contributed by atoms with Crippen LogP contribution in [0, 0.1) is 10.1 Å². The first-order chi connectivity index (χ1) is 12.8. The Bertz CT molecular complexity index is 891. The van der Waals surface area contributed by atoms with E-state index in [1.807, 2.05) is 0 Å². The Kier molecular flexibility index (Phi) is 6.67. The van der Waals surface area contributed by atoms with Gasteiger partial charge in [0.2, 0.25) is 0 Å². The van der Waals surface area contributed by atoms with Crippen LogP contribution in [0.15, 0.2) is 48.5 Å². The number of rotatable bonds is 7. The molecule has 7 nitrogen and oxygen atoms in total. The van der Waals surface area contributed by atoms with Gasteiger partial charge in [0.1, 0.15) is 10.8 Å². The fourth-order valence-electron chi connectivity index (χ4n) is 2.03. The van der Waals surface area contributed by atoms with Crippen LogP contribution in [0.1, 0.15) is 15.9 Å². The highest BCUT2D eigenvalue weighted by Gasteiger charge is 2.12. The minimum atomic E-state index is -0.582. The van der Waals surface area contributed by atoms with Crippen LogP contribution in [0.3, 0.4) is 0 Å². The lowest BCUT2D eigenvalue weighted by atomic mass is 10.1. The molecule has 8 heteroatoms. The van der Waals surface area contributed by atoms with Crippen molar-refractivity contribution < 1.29 is 19.2 Å². The molecule has 0 bridgehead atoms. The molecule has 0 radical (unpaired) electrons. The van der Waals surface area contributed by atoms with Crippen molar-refractivity contribution in [2.24, 2.45) is 0 Å². The van der Waals surface area contributed by atoms with Crippen molar-refractivity contribution in [3.05, 3.63) is 74.8 Å². The predicted molar refractivity (Wildman–Crippen MR) is 102 cm³/mol. The summed E-state index contributed by atoms with van der Waals surface area (Å²) in [5, 5.41) is 10.9. The smallest absolute Gasteiger partial charge is 0.288 e. The molecule has 2 aromatic rings. The first kappa shape index (κ1) is 20.1. The number of ether oxygens (including phenoxy) is 1. The van der Waals surface area contributed by atoms with E-state index >= 15 is 0 Å². The van der Waals surface area contributed by atoms with Crippen molar-refractivity contribution >= 4 is 35.1 Å². The maximum Gasteiger partial charge on any atom is 0.288 e. The first-order valence-electron chi connectivity index (χ1n) is 7.87. The average molecular weight is 389 g/mol. The number of likely N-dealkylation sites (N-methyl/N-ethyl adjacent to an activating group) is 1. The Balaban J connectivity index is 2.03. The van der Waals surface area contributed by atoms with Crippen LogP contribution < -0.4 is 4.74 Å². The SMILES string of the molecule is CN(C)C(=O)COc1ccc(C(=O)C=Cc2ccc(Cl)c([N+](=O)[O-])c2)cc1. The summed E-state index contributed by atoms with van der Waals surface area (Å²) in [7, 11) is 3.27. The molecule has 2 rings (SSSR count). The zero-order valence-electron chi connectivity index (χ0n) is 14.7. The van der Waals surface area contributed by atoms with Gasteiger partial charge < -0.3 is 9.64 Å². The minimum absolute atomic E-state index is 0.0341. The molecular weight excluding hydrogens is 372 g/mol. The molecule has 27 heavy (non-hydrogen) atoms. The van der Waals surface area contributed by atoms with Gasteiger partial charge in [0.05, 0.1) is 4.92 Å². The summed E-state index contributed by atoms with van der Waals surface area (Å²) in [6, 6.07) is 10.6. The Morgan fingerprint density at radius 3 is 2.44 bits per heavy atom. The van der Waals surface area contributed by atoms with Gasteiger partial charge in [0, 0.05) is 25.7 Å². The van der Waals surface area contributed by atoms with Crippen LogP contribution in [0.4, 0.5) is 5.69 Å². The number of carbonyl (C=O) groups excluding carboxylic acids is 2. The van der Waals surface area contributed by atoms with Crippen molar-refractivity contribution in [1.29, 1.82) is 0 Å². The van der Waals surface area contributed by atoms with Crippen molar-refractivity contribution in [3.8, 4) is 5.75 Å². The molecule has 0 fully saturated rings. The van der Waals surface area contributed by atoms with Crippen molar-refractivity contribution in [1.82, 2.24) is 4.90 Å². The topological polar surface area (TPSA) is 89.8 Å². The summed E-state index contributed by atoms with van der Waals surface area (Å²) in [5.74, 6) is 0.0257. The monoisotopic (exact) mass is 388 g/mol. The number of hydrogen-bond acceptors (Lipinski definition) is 5. The lowest BCUT2D eigenvalue weighted by molar-refractivity contribution is -0.384. The molecule has 0 heterocycles. The van der Waals surface area contributed by atoms with Gasteiger partial charge in [-0.1, -0.05) is 23.7 Å². The average Bonchev–Trinajstić information content (AvgIpc) is 2.65. The quantitative estimate of drug-likeness (QED) is 0.313. The minimum Gasteiger partial charge on any atom is -0.484 e. The van der Waals surface area contributed by atoms with Gasteiger partial charge in [-0.25, -0.2) is 0 Å². The number of halogens is 1. The molecule has 0 unspecified atom stereocenters. The molecule has 0 saturated heterocycles. The zero-order chi connectivity index (χ0) is 20.0. The fraction of sp³-hybridized carbons (Fsp3) is 0.158. The largest absolute Gasteiger partial charge is 0.484 e. The number of ketones is 1. The summed E-state index contributed by atoms with van der Waals surface area (Å²) >= 11 is 5.76. The van der Waals surface area contributed by atoms with E-state index in [2.05, 4.69) is 0 Å². The van der Waals surface area contributed by atoms with Gasteiger partial charge in [-0.2, -0.15) is 0 Å². The summed E-state index contributed by atoms with van der Waals surface area (Å²) in [6.07, 6.45) is 2.80. The summed E-state index contributed by atoms with van der Waals surface area (Å²) in [6.45, 7) is -0.0878. The van der Waals surface area contributed by atoms with E-state index in [0.29, 0.717) is 16.9 Å². The highest BCUT2D eigenvalue weighted by Crippen LogP contribution is 2.25. The van der Waals surface area contributed by atoms with E-state index in [1.54, 1.807) is 44.4 Å².